The number of hydrogen-bond donors (Lipinski definition) is 1. The number of thiol groups is 1. The zero-order valence-corrected chi connectivity index (χ0v) is 10.5. The van der Waals surface area contributed by atoms with Gasteiger partial charge in [0.15, 0.2) is 0 Å². The van der Waals surface area contributed by atoms with Crippen molar-refractivity contribution < 1.29 is 0 Å². The molecule has 0 bridgehead atoms. The summed E-state index contributed by atoms with van der Waals surface area (Å²) in [4.78, 5) is 1.06. The minimum Gasteiger partial charge on any atom is -0.143 e. The first-order valence-corrected chi connectivity index (χ1v) is 6.23. The molecule has 0 spiro atoms. The van der Waals surface area contributed by atoms with Gasteiger partial charge in [-0.15, -0.1) is 24.0 Å². The molecule has 0 radical (unpaired) electrons. The predicted octanol–water partition coefficient (Wildman–Crippen LogP) is 4.51. The number of rotatable bonds is 1. The summed E-state index contributed by atoms with van der Waals surface area (Å²) in [5.41, 5.74) is 1.41. The fourth-order valence-electron chi connectivity index (χ4n) is 1.43. The maximum Gasteiger partial charge on any atom is 0.0397 e. The maximum atomic E-state index is 4.45. The van der Waals surface area contributed by atoms with Crippen LogP contribution < -0.4 is 0 Å². The molecule has 2 rings (SSSR count). The van der Waals surface area contributed by atoms with Gasteiger partial charge in [-0.25, -0.2) is 0 Å². The first-order valence-electron chi connectivity index (χ1n) is 4.11. The molecule has 0 nitrogen and oxygen atoms in total. The van der Waals surface area contributed by atoms with Gasteiger partial charge in [-0.05, 0) is 34.0 Å². The van der Waals surface area contributed by atoms with E-state index in [1.54, 1.807) is 11.3 Å². The average Bonchev–Trinajstić information content (AvgIpc) is 2.50. The summed E-state index contributed by atoms with van der Waals surface area (Å²) in [6, 6.07) is 4.23. The summed E-state index contributed by atoms with van der Waals surface area (Å²) in [6.45, 7) is 2.18. The fourth-order valence-corrected chi connectivity index (χ4v) is 3.83. The quantitative estimate of drug-likeness (QED) is 0.726. The second kappa shape index (κ2) is 3.64. The van der Waals surface area contributed by atoms with Gasteiger partial charge in [0.25, 0.3) is 0 Å². The zero-order valence-electron chi connectivity index (χ0n) is 7.17. The summed E-state index contributed by atoms with van der Waals surface area (Å²) in [5.74, 6) is 0. The van der Waals surface area contributed by atoms with Gasteiger partial charge in [-0.1, -0.05) is 13.0 Å². The number of hydrogen-bond acceptors (Lipinski definition) is 2. The van der Waals surface area contributed by atoms with Gasteiger partial charge in [-0.3, -0.25) is 0 Å². The average molecular weight is 273 g/mol. The molecule has 1 heterocycles. The highest BCUT2D eigenvalue weighted by Crippen LogP contribution is 2.36. The molecule has 2 aromatic rings. The van der Waals surface area contributed by atoms with Crippen molar-refractivity contribution >= 4 is 50.0 Å². The van der Waals surface area contributed by atoms with Crippen molar-refractivity contribution in [3.63, 3.8) is 0 Å². The van der Waals surface area contributed by atoms with E-state index in [-0.39, 0.29) is 0 Å². The smallest absolute Gasteiger partial charge is 0.0397 e. The number of fused-ring (bicyclic) bond motifs is 1. The third kappa shape index (κ3) is 1.53. The first-order chi connectivity index (χ1) is 6.24. The Hall–Kier alpha value is 0.01000. The van der Waals surface area contributed by atoms with Crippen molar-refractivity contribution in [2.45, 2.75) is 18.2 Å². The Labute approximate surface area is 95.5 Å². The molecule has 0 aliphatic carbocycles. The van der Waals surface area contributed by atoms with E-state index in [0.29, 0.717) is 0 Å². The van der Waals surface area contributed by atoms with Gasteiger partial charge in [0.2, 0.25) is 0 Å². The SMILES string of the molecule is CCc1ccc(S)c2c(Br)csc12. The molecule has 13 heavy (non-hydrogen) atoms. The molecule has 0 saturated heterocycles. The van der Waals surface area contributed by atoms with Crippen LogP contribution in [-0.2, 0) is 6.42 Å². The lowest BCUT2D eigenvalue weighted by atomic mass is 10.1. The molecule has 0 unspecified atom stereocenters. The molecule has 3 heteroatoms. The highest BCUT2D eigenvalue weighted by molar-refractivity contribution is 9.10. The van der Waals surface area contributed by atoms with Crippen molar-refractivity contribution in [2.75, 3.05) is 0 Å². The van der Waals surface area contributed by atoms with Crippen LogP contribution in [0.15, 0.2) is 26.9 Å². The summed E-state index contributed by atoms with van der Waals surface area (Å²) in [6.07, 6.45) is 1.08. The summed E-state index contributed by atoms with van der Waals surface area (Å²) >= 11 is 9.78. The van der Waals surface area contributed by atoms with Crippen molar-refractivity contribution in [1.82, 2.24) is 0 Å². The van der Waals surface area contributed by atoms with Gasteiger partial charge in [-0.2, -0.15) is 0 Å². The van der Waals surface area contributed by atoms with Crippen LogP contribution in [0.4, 0.5) is 0 Å². The highest BCUT2D eigenvalue weighted by Gasteiger charge is 2.07. The molecular weight excluding hydrogens is 264 g/mol. The van der Waals surface area contributed by atoms with Crippen LogP contribution in [0.3, 0.4) is 0 Å². The van der Waals surface area contributed by atoms with Crippen LogP contribution in [0.25, 0.3) is 10.1 Å². The second-order valence-electron chi connectivity index (χ2n) is 2.89. The Morgan fingerprint density at radius 3 is 2.92 bits per heavy atom. The molecule has 0 fully saturated rings. The van der Waals surface area contributed by atoms with Crippen molar-refractivity contribution in [3.8, 4) is 0 Å². The molecule has 0 N–H and O–H groups in total. The van der Waals surface area contributed by atoms with Crippen LogP contribution in [0.2, 0.25) is 0 Å². The first kappa shape index (κ1) is 9.56. The molecule has 0 aliphatic heterocycles. The van der Waals surface area contributed by atoms with E-state index in [4.69, 9.17) is 0 Å². The Morgan fingerprint density at radius 2 is 2.23 bits per heavy atom. The van der Waals surface area contributed by atoms with Crippen LogP contribution in [0.1, 0.15) is 12.5 Å². The number of halogens is 1. The van der Waals surface area contributed by atoms with Gasteiger partial charge in [0.1, 0.15) is 0 Å². The summed E-state index contributed by atoms with van der Waals surface area (Å²) < 4.78 is 2.52. The predicted molar refractivity (Wildman–Crippen MR) is 66.2 cm³/mol. The summed E-state index contributed by atoms with van der Waals surface area (Å²) in [5, 5.41) is 3.39. The van der Waals surface area contributed by atoms with Gasteiger partial charge in [0.05, 0.1) is 0 Å². The van der Waals surface area contributed by atoms with Crippen molar-refractivity contribution in [1.29, 1.82) is 0 Å². The number of aryl methyl sites for hydroxylation is 1. The topological polar surface area (TPSA) is 0 Å². The van der Waals surface area contributed by atoms with Crippen molar-refractivity contribution in [2.24, 2.45) is 0 Å². The molecular formula is C10H9BrS2. The lowest BCUT2D eigenvalue weighted by Gasteiger charge is -2.01. The second-order valence-corrected chi connectivity index (χ2v) is 5.10. The van der Waals surface area contributed by atoms with E-state index in [1.165, 1.54) is 15.6 Å². The molecule has 68 valence electrons. The minimum absolute atomic E-state index is 1.06. The molecule has 1 aromatic heterocycles. The Bertz CT molecular complexity index is 445. The normalized spacial score (nSPS) is 11.0. The third-order valence-electron chi connectivity index (χ3n) is 2.12. The third-order valence-corrected chi connectivity index (χ3v) is 4.47. The van der Waals surface area contributed by atoms with E-state index in [2.05, 4.69) is 53.0 Å². The number of benzene rings is 1. The van der Waals surface area contributed by atoms with Crippen LogP contribution in [-0.4, -0.2) is 0 Å². The van der Waals surface area contributed by atoms with E-state index >= 15 is 0 Å². The Morgan fingerprint density at radius 1 is 1.46 bits per heavy atom. The van der Waals surface area contributed by atoms with E-state index in [0.717, 1.165) is 15.8 Å². The molecule has 0 saturated carbocycles. The highest BCUT2D eigenvalue weighted by atomic mass is 79.9. The fraction of sp³-hybridized carbons (Fsp3) is 0.200. The van der Waals surface area contributed by atoms with Crippen LogP contribution in [0.5, 0.6) is 0 Å². The van der Waals surface area contributed by atoms with Crippen LogP contribution >= 0.6 is 39.9 Å². The van der Waals surface area contributed by atoms with Crippen molar-refractivity contribution in [3.05, 3.63) is 27.5 Å². The van der Waals surface area contributed by atoms with E-state index in [9.17, 15) is 0 Å². The minimum atomic E-state index is 1.06. The van der Waals surface area contributed by atoms with E-state index in [1.807, 2.05) is 0 Å². The molecule has 0 aliphatic rings. The van der Waals surface area contributed by atoms with Gasteiger partial charge >= 0.3 is 0 Å². The molecule has 0 amide bonds. The van der Waals surface area contributed by atoms with Gasteiger partial charge < -0.3 is 0 Å². The van der Waals surface area contributed by atoms with E-state index < -0.39 is 0 Å². The standard InChI is InChI=1S/C10H9BrS2/c1-2-6-3-4-8(12)9-7(11)5-13-10(6)9/h3-5,12H,2H2,1H3. The zero-order chi connectivity index (χ0) is 9.42. The Balaban J connectivity index is 2.87. The monoisotopic (exact) mass is 272 g/mol. The van der Waals surface area contributed by atoms with Gasteiger partial charge in [0, 0.05) is 24.8 Å². The number of thiophene rings is 1. The largest absolute Gasteiger partial charge is 0.143 e. The lowest BCUT2D eigenvalue weighted by Crippen LogP contribution is -1.80. The summed E-state index contributed by atoms with van der Waals surface area (Å²) in [7, 11) is 0. The Kier molecular flexibility index (Phi) is 2.67. The molecule has 0 atom stereocenters. The molecule has 1 aromatic carbocycles. The van der Waals surface area contributed by atoms with Crippen LogP contribution in [0, 0.1) is 0 Å². The lowest BCUT2D eigenvalue weighted by molar-refractivity contribution is 1.16. The maximum absolute atomic E-state index is 4.45.